The second kappa shape index (κ2) is 7.97. The largest absolute Gasteiger partial charge is 0.461 e. The first kappa shape index (κ1) is 21.3. The topological polar surface area (TPSA) is 58.6 Å². The summed E-state index contributed by atoms with van der Waals surface area (Å²) in [5.74, 6) is -0.468. The highest BCUT2D eigenvalue weighted by Gasteiger charge is 2.46. The minimum atomic E-state index is -4.69. The summed E-state index contributed by atoms with van der Waals surface area (Å²) in [6, 6.07) is 6.94. The number of anilines is 1. The Morgan fingerprint density at radius 1 is 1.10 bits per heavy atom. The standard InChI is InChI=1S/C21H22F4N4O2/c1-12-9-13(2)27-20(26-12)29-11-14-7-8-15(29)10-28(14)18(30)16-5-3-4-6-17(16)31-21(24,25)19(22)23/h3-6,9,14-15,19H,7-8,10-11H2,1-2H3. The Morgan fingerprint density at radius 2 is 1.74 bits per heavy atom. The molecule has 31 heavy (non-hydrogen) atoms. The molecule has 6 nitrogen and oxygen atoms in total. The normalized spacial score (nSPS) is 21.0. The molecular formula is C21H22F4N4O2. The van der Waals surface area contributed by atoms with Gasteiger partial charge in [-0.2, -0.15) is 17.6 Å². The summed E-state index contributed by atoms with van der Waals surface area (Å²) in [5.41, 5.74) is 1.54. The molecule has 2 atom stereocenters. The van der Waals surface area contributed by atoms with Gasteiger partial charge in [0.1, 0.15) is 5.75 Å². The maximum absolute atomic E-state index is 13.5. The number of piperazine rings is 1. The lowest BCUT2D eigenvalue weighted by atomic mass is 9.90. The van der Waals surface area contributed by atoms with Crippen LogP contribution in [0, 0.1) is 13.8 Å². The van der Waals surface area contributed by atoms with Crippen LogP contribution in [0.15, 0.2) is 30.3 Å². The monoisotopic (exact) mass is 438 g/mol. The number of aromatic nitrogens is 2. The fourth-order valence-electron chi connectivity index (χ4n) is 4.24. The zero-order valence-electron chi connectivity index (χ0n) is 17.1. The number of hydrogen-bond donors (Lipinski definition) is 0. The lowest BCUT2D eigenvalue weighted by Gasteiger charge is -2.51. The molecule has 4 heterocycles. The molecule has 3 fully saturated rings. The summed E-state index contributed by atoms with van der Waals surface area (Å²) in [5, 5.41) is 0. The SMILES string of the molecule is Cc1cc(C)nc(N2CC3CCC2CN3C(=O)c2ccccc2OC(F)(F)C(F)F)n1. The number of carbonyl (C=O) groups is 1. The van der Waals surface area contributed by atoms with Crippen molar-refractivity contribution in [2.45, 2.75) is 51.3 Å². The number of fused-ring (bicyclic) bond motifs is 3. The molecule has 0 saturated carbocycles. The van der Waals surface area contributed by atoms with Crippen molar-refractivity contribution in [1.29, 1.82) is 0 Å². The van der Waals surface area contributed by atoms with Crippen LogP contribution >= 0.6 is 0 Å². The Morgan fingerprint density at radius 3 is 2.35 bits per heavy atom. The van der Waals surface area contributed by atoms with Gasteiger partial charge in [0, 0.05) is 36.6 Å². The molecule has 3 aliphatic heterocycles. The van der Waals surface area contributed by atoms with Crippen LogP contribution in [-0.2, 0) is 0 Å². The molecule has 2 aromatic rings. The Bertz CT molecular complexity index is 967. The summed E-state index contributed by atoms with van der Waals surface area (Å²) in [7, 11) is 0. The molecular weight excluding hydrogens is 416 g/mol. The number of rotatable bonds is 5. The number of carbonyl (C=O) groups excluding carboxylic acids is 1. The number of benzene rings is 1. The number of aryl methyl sites for hydroxylation is 2. The van der Waals surface area contributed by atoms with E-state index in [4.69, 9.17) is 0 Å². The van der Waals surface area contributed by atoms with E-state index in [1.807, 2.05) is 19.9 Å². The van der Waals surface area contributed by atoms with E-state index in [1.54, 1.807) is 4.90 Å². The Labute approximate surface area is 176 Å². The molecule has 0 aliphatic carbocycles. The maximum atomic E-state index is 13.5. The van der Waals surface area contributed by atoms with Gasteiger partial charge >= 0.3 is 12.5 Å². The molecule has 0 N–H and O–H groups in total. The van der Waals surface area contributed by atoms with Gasteiger partial charge in [-0.3, -0.25) is 4.79 Å². The first-order valence-corrected chi connectivity index (χ1v) is 9.99. The van der Waals surface area contributed by atoms with Gasteiger partial charge in [-0.15, -0.1) is 0 Å². The molecule has 2 unspecified atom stereocenters. The molecule has 10 heteroatoms. The molecule has 2 bridgehead atoms. The molecule has 1 aromatic heterocycles. The van der Waals surface area contributed by atoms with Gasteiger partial charge in [-0.25, -0.2) is 9.97 Å². The first-order valence-electron chi connectivity index (χ1n) is 9.99. The van der Waals surface area contributed by atoms with Crippen molar-refractivity contribution in [3.05, 3.63) is 47.3 Å². The van der Waals surface area contributed by atoms with Crippen molar-refractivity contribution in [3.8, 4) is 5.75 Å². The summed E-state index contributed by atoms with van der Waals surface area (Å²) >= 11 is 0. The zero-order chi connectivity index (χ0) is 22.3. The summed E-state index contributed by atoms with van der Waals surface area (Å²) in [6.07, 6.45) is -7.11. The maximum Gasteiger partial charge on any atom is 0.461 e. The molecule has 1 aromatic carbocycles. The number of alkyl halides is 4. The number of piperidine rings is 2. The van der Waals surface area contributed by atoms with E-state index in [0.29, 0.717) is 19.0 Å². The average Bonchev–Trinajstić information content (AvgIpc) is 2.73. The van der Waals surface area contributed by atoms with E-state index < -0.39 is 24.2 Å². The van der Waals surface area contributed by atoms with E-state index in [1.165, 1.54) is 18.2 Å². The Balaban J connectivity index is 1.56. The fourth-order valence-corrected chi connectivity index (χ4v) is 4.24. The Kier molecular flexibility index (Phi) is 5.49. The quantitative estimate of drug-likeness (QED) is 0.665. The molecule has 5 rings (SSSR count). The third kappa shape index (κ3) is 4.15. The second-order valence-electron chi connectivity index (χ2n) is 7.91. The number of amides is 1. The van der Waals surface area contributed by atoms with Gasteiger partial charge in [-0.1, -0.05) is 12.1 Å². The van der Waals surface area contributed by atoms with Crippen LogP contribution in [0.1, 0.15) is 34.6 Å². The lowest BCUT2D eigenvalue weighted by molar-refractivity contribution is -0.253. The van der Waals surface area contributed by atoms with Gasteiger partial charge in [-0.05, 0) is 44.9 Å². The number of para-hydroxylation sites is 1. The van der Waals surface area contributed by atoms with E-state index >= 15 is 0 Å². The third-order valence-corrected chi connectivity index (χ3v) is 5.64. The lowest BCUT2D eigenvalue weighted by Crippen LogP contribution is -2.64. The summed E-state index contributed by atoms with van der Waals surface area (Å²) in [4.78, 5) is 25.9. The van der Waals surface area contributed by atoms with E-state index in [0.717, 1.165) is 30.3 Å². The predicted molar refractivity (Wildman–Crippen MR) is 105 cm³/mol. The second-order valence-corrected chi connectivity index (χ2v) is 7.91. The average molecular weight is 438 g/mol. The van der Waals surface area contributed by atoms with Gasteiger partial charge in [0.15, 0.2) is 0 Å². The Hall–Kier alpha value is -2.91. The van der Waals surface area contributed by atoms with Crippen LogP contribution in [0.5, 0.6) is 5.75 Å². The van der Waals surface area contributed by atoms with Crippen LogP contribution in [0.3, 0.4) is 0 Å². The first-order chi connectivity index (χ1) is 14.7. The van der Waals surface area contributed by atoms with Crippen molar-refractivity contribution in [1.82, 2.24) is 14.9 Å². The minimum Gasteiger partial charge on any atom is -0.427 e. The highest BCUT2D eigenvalue weighted by atomic mass is 19.3. The molecule has 0 spiro atoms. The van der Waals surface area contributed by atoms with E-state index in [9.17, 15) is 22.4 Å². The van der Waals surface area contributed by atoms with Crippen molar-refractivity contribution >= 4 is 11.9 Å². The van der Waals surface area contributed by atoms with E-state index in [-0.39, 0.29) is 17.6 Å². The van der Waals surface area contributed by atoms with Crippen molar-refractivity contribution in [2.24, 2.45) is 0 Å². The van der Waals surface area contributed by atoms with Crippen molar-refractivity contribution < 1.29 is 27.1 Å². The minimum absolute atomic E-state index is 0.0225. The molecule has 3 saturated heterocycles. The van der Waals surface area contributed by atoms with Gasteiger partial charge < -0.3 is 14.5 Å². The molecule has 166 valence electrons. The molecule has 0 radical (unpaired) electrons. The number of halogens is 4. The number of nitrogens with zero attached hydrogens (tertiary/aromatic N) is 4. The van der Waals surface area contributed by atoms with Gasteiger partial charge in [0.05, 0.1) is 5.56 Å². The molecule has 3 aliphatic rings. The highest BCUT2D eigenvalue weighted by Crippen LogP contribution is 2.35. The highest BCUT2D eigenvalue weighted by molar-refractivity contribution is 5.97. The van der Waals surface area contributed by atoms with Crippen LogP contribution in [0.25, 0.3) is 0 Å². The van der Waals surface area contributed by atoms with Crippen molar-refractivity contribution in [2.75, 3.05) is 18.0 Å². The predicted octanol–water partition coefficient (Wildman–Crippen LogP) is 3.82. The third-order valence-electron chi connectivity index (χ3n) is 5.64. The van der Waals surface area contributed by atoms with Crippen LogP contribution in [-0.4, -0.2) is 58.5 Å². The van der Waals surface area contributed by atoms with Crippen LogP contribution in [0.2, 0.25) is 0 Å². The van der Waals surface area contributed by atoms with Gasteiger partial charge in [0.2, 0.25) is 5.95 Å². The van der Waals surface area contributed by atoms with Gasteiger partial charge in [0.25, 0.3) is 5.91 Å². The van der Waals surface area contributed by atoms with Crippen molar-refractivity contribution in [3.63, 3.8) is 0 Å². The number of ether oxygens (including phenoxy) is 1. The number of hydrogen-bond acceptors (Lipinski definition) is 5. The van der Waals surface area contributed by atoms with Crippen LogP contribution in [0.4, 0.5) is 23.5 Å². The zero-order valence-corrected chi connectivity index (χ0v) is 17.1. The fraction of sp³-hybridized carbons (Fsp3) is 0.476. The summed E-state index contributed by atoms with van der Waals surface area (Å²) in [6.45, 7) is 4.65. The van der Waals surface area contributed by atoms with E-state index in [2.05, 4.69) is 19.6 Å². The molecule has 1 amide bonds. The van der Waals surface area contributed by atoms with Crippen LogP contribution < -0.4 is 9.64 Å². The smallest absolute Gasteiger partial charge is 0.427 e. The summed E-state index contributed by atoms with van der Waals surface area (Å²) < 4.78 is 56.3.